The van der Waals surface area contributed by atoms with E-state index in [0.717, 1.165) is 5.75 Å². The third-order valence-corrected chi connectivity index (χ3v) is 1.93. The van der Waals surface area contributed by atoms with Crippen molar-refractivity contribution >= 4 is 5.97 Å². The van der Waals surface area contributed by atoms with Gasteiger partial charge in [-0.25, -0.2) is 0 Å². The summed E-state index contributed by atoms with van der Waals surface area (Å²) in [5.41, 5.74) is 6.33. The number of ether oxygens (including phenoxy) is 2. The van der Waals surface area contributed by atoms with E-state index >= 15 is 0 Å². The van der Waals surface area contributed by atoms with E-state index in [9.17, 15) is 4.79 Å². The van der Waals surface area contributed by atoms with Crippen molar-refractivity contribution in [2.75, 3.05) is 14.2 Å². The van der Waals surface area contributed by atoms with Gasteiger partial charge < -0.3 is 15.2 Å². The predicted octanol–water partition coefficient (Wildman–Crippen LogP) is 0.868. The fourth-order valence-corrected chi connectivity index (χ4v) is 1.07. The van der Waals surface area contributed by atoms with Crippen LogP contribution in [0.1, 0.15) is 11.6 Å². The molecule has 0 bridgehead atoms. The van der Waals surface area contributed by atoms with Crippen LogP contribution in [0.5, 0.6) is 5.75 Å². The van der Waals surface area contributed by atoms with Crippen molar-refractivity contribution in [3.63, 3.8) is 0 Å². The van der Waals surface area contributed by atoms with E-state index in [1.807, 2.05) is 0 Å². The highest BCUT2D eigenvalue weighted by atomic mass is 16.5. The van der Waals surface area contributed by atoms with Crippen LogP contribution in [0.2, 0.25) is 0 Å². The lowest BCUT2D eigenvalue weighted by molar-refractivity contribution is -0.142. The molecule has 0 unspecified atom stereocenters. The molecule has 0 aliphatic rings. The van der Waals surface area contributed by atoms with E-state index in [4.69, 9.17) is 10.5 Å². The molecule has 1 aromatic carbocycles. The average Bonchev–Trinajstić information content (AvgIpc) is 2.27. The van der Waals surface area contributed by atoms with Gasteiger partial charge in [0.25, 0.3) is 0 Å². The summed E-state index contributed by atoms with van der Waals surface area (Å²) in [6.07, 6.45) is 0. The van der Waals surface area contributed by atoms with Gasteiger partial charge in [0.1, 0.15) is 11.8 Å². The third-order valence-electron chi connectivity index (χ3n) is 1.93. The molecule has 0 spiro atoms. The van der Waals surface area contributed by atoms with Crippen LogP contribution in [0.4, 0.5) is 0 Å². The summed E-state index contributed by atoms with van der Waals surface area (Å²) in [7, 11) is 2.89. The molecule has 2 N–H and O–H groups in total. The van der Waals surface area contributed by atoms with Crippen LogP contribution in [0.15, 0.2) is 24.3 Å². The number of rotatable bonds is 3. The van der Waals surface area contributed by atoms with Crippen LogP contribution < -0.4 is 10.5 Å². The highest BCUT2D eigenvalue weighted by Gasteiger charge is 2.15. The number of carbonyl (C=O) groups is 1. The molecule has 14 heavy (non-hydrogen) atoms. The lowest BCUT2D eigenvalue weighted by atomic mass is 10.1. The standard InChI is InChI=1S/C10H13NO3/c1-13-8-5-3-7(4-6-8)9(11)10(12)14-2/h3-6,9H,11H2,1-2H3/t9-/m1/s1. The van der Waals surface area contributed by atoms with Crippen LogP contribution in [-0.2, 0) is 9.53 Å². The summed E-state index contributed by atoms with van der Waals surface area (Å²) in [4.78, 5) is 11.1. The minimum absolute atomic E-state index is 0.449. The predicted molar refractivity (Wildman–Crippen MR) is 51.9 cm³/mol. The molecule has 0 aliphatic carbocycles. The number of methoxy groups -OCH3 is 2. The Labute approximate surface area is 82.6 Å². The molecule has 1 atom stereocenters. The van der Waals surface area contributed by atoms with Gasteiger partial charge in [0.05, 0.1) is 14.2 Å². The van der Waals surface area contributed by atoms with E-state index in [1.54, 1.807) is 31.4 Å². The van der Waals surface area contributed by atoms with E-state index in [1.165, 1.54) is 7.11 Å². The highest BCUT2D eigenvalue weighted by molar-refractivity contribution is 5.77. The monoisotopic (exact) mass is 195 g/mol. The Morgan fingerprint density at radius 3 is 2.29 bits per heavy atom. The van der Waals surface area contributed by atoms with E-state index in [0.29, 0.717) is 5.56 Å². The molecule has 0 amide bonds. The van der Waals surface area contributed by atoms with E-state index < -0.39 is 12.0 Å². The Morgan fingerprint density at radius 2 is 1.86 bits per heavy atom. The van der Waals surface area contributed by atoms with Crippen molar-refractivity contribution in [3.8, 4) is 5.75 Å². The lowest BCUT2D eigenvalue weighted by Gasteiger charge is -2.09. The Bertz CT molecular complexity index is 308. The summed E-state index contributed by atoms with van der Waals surface area (Å²) < 4.78 is 9.51. The van der Waals surface area contributed by atoms with Crippen molar-refractivity contribution in [1.82, 2.24) is 0 Å². The molecule has 0 fully saturated rings. The van der Waals surface area contributed by atoms with Gasteiger partial charge in [-0.05, 0) is 17.7 Å². The maximum atomic E-state index is 11.1. The second kappa shape index (κ2) is 4.62. The smallest absolute Gasteiger partial charge is 0.327 e. The Kier molecular flexibility index (Phi) is 3.48. The van der Waals surface area contributed by atoms with Crippen molar-refractivity contribution in [3.05, 3.63) is 29.8 Å². The van der Waals surface area contributed by atoms with Gasteiger partial charge >= 0.3 is 5.97 Å². The molecule has 0 saturated carbocycles. The maximum absolute atomic E-state index is 11.1. The summed E-state index contributed by atoms with van der Waals surface area (Å²) in [5.74, 6) is 0.279. The fraction of sp³-hybridized carbons (Fsp3) is 0.300. The van der Waals surface area contributed by atoms with Gasteiger partial charge in [-0.1, -0.05) is 12.1 Å². The zero-order valence-corrected chi connectivity index (χ0v) is 8.19. The quantitative estimate of drug-likeness (QED) is 0.727. The first-order valence-corrected chi connectivity index (χ1v) is 4.16. The molecule has 4 nitrogen and oxygen atoms in total. The van der Waals surface area contributed by atoms with Crippen LogP contribution in [-0.4, -0.2) is 20.2 Å². The highest BCUT2D eigenvalue weighted by Crippen LogP contribution is 2.16. The Balaban J connectivity index is 2.81. The summed E-state index contributed by atoms with van der Waals surface area (Å²) >= 11 is 0. The van der Waals surface area contributed by atoms with Crippen molar-refractivity contribution in [2.45, 2.75) is 6.04 Å². The average molecular weight is 195 g/mol. The lowest BCUT2D eigenvalue weighted by Crippen LogP contribution is -2.22. The van der Waals surface area contributed by atoms with Gasteiger partial charge in [-0.15, -0.1) is 0 Å². The third kappa shape index (κ3) is 2.23. The van der Waals surface area contributed by atoms with Crippen molar-refractivity contribution < 1.29 is 14.3 Å². The van der Waals surface area contributed by atoms with Gasteiger partial charge in [0.2, 0.25) is 0 Å². The van der Waals surface area contributed by atoms with E-state index in [2.05, 4.69) is 4.74 Å². The SMILES string of the molecule is COC(=O)[C@H](N)c1ccc(OC)cc1. The first-order valence-electron chi connectivity index (χ1n) is 4.16. The van der Waals surface area contributed by atoms with E-state index in [-0.39, 0.29) is 0 Å². The molecular weight excluding hydrogens is 182 g/mol. The molecule has 1 rings (SSSR count). The van der Waals surface area contributed by atoms with Crippen LogP contribution in [0, 0.1) is 0 Å². The van der Waals surface area contributed by atoms with Gasteiger partial charge in [0.15, 0.2) is 0 Å². The minimum Gasteiger partial charge on any atom is -0.497 e. The molecule has 4 heteroatoms. The zero-order chi connectivity index (χ0) is 10.6. The number of esters is 1. The number of hydrogen-bond donors (Lipinski definition) is 1. The molecule has 1 aromatic rings. The summed E-state index contributed by atoms with van der Waals surface area (Å²) in [5, 5.41) is 0. The first-order chi connectivity index (χ1) is 6.69. The Morgan fingerprint density at radius 1 is 1.29 bits per heavy atom. The second-order valence-electron chi connectivity index (χ2n) is 2.77. The van der Waals surface area contributed by atoms with Crippen LogP contribution >= 0.6 is 0 Å². The Hall–Kier alpha value is -1.55. The van der Waals surface area contributed by atoms with Crippen LogP contribution in [0.3, 0.4) is 0 Å². The van der Waals surface area contributed by atoms with Crippen molar-refractivity contribution in [2.24, 2.45) is 5.73 Å². The van der Waals surface area contributed by atoms with Gasteiger partial charge in [-0.3, -0.25) is 4.79 Å². The molecule has 0 aromatic heterocycles. The summed E-state index contributed by atoms with van der Waals surface area (Å²) in [6.45, 7) is 0. The topological polar surface area (TPSA) is 61.5 Å². The summed E-state index contributed by atoms with van der Waals surface area (Å²) in [6, 6.07) is 6.24. The number of nitrogens with two attached hydrogens (primary N) is 1. The number of benzene rings is 1. The fourth-order valence-electron chi connectivity index (χ4n) is 1.07. The van der Waals surface area contributed by atoms with Crippen molar-refractivity contribution in [1.29, 1.82) is 0 Å². The normalized spacial score (nSPS) is 11.9. The zero-order valence-electron chi connectivity index (χ0n) is 8.19. The van der Waals surface area contributed by atoms with Gasteiger partial charge in [0, 0.05) is 0 Å². The molecule has 0 saturated heterocycles. The first kappa shape index (κ1) is 10.5. The maximum Gasteiger partial charge on any atom is 0.327 e. The minimum atomic E-state index is -0.731. The largest absolute Gasteiger partial charge is 0.497 e. The molecule has 0 aliphatic heterocycles. The molecule has 0 radical (unpaired) electrons. The molecular formula is C10H13NO3. The number of carbonyl (C=O) groups excluding carboxylic acids is 1. The number of hydrogen-bond acceptors (Lipinski definition) is 4. The van der Waals surface area contributed by atoms with Crippen LogP contribution in [0.25, 0.3) is 0 Å². The van der Waals surface area contributed by atoms with Gasteiger partial charge in [-0.2, -0.15) is 0 Å². The molecule has 0 heterocycles. The molecule has 76 valence electrons. The second-order valence-corrected chi connectivity index (χ2v) is 2.77.